The molecule has 1 saturated heterocycles. The van der Waals surface area contributed by atoms with Gasteiger partial charge in [-0.05, 0) is 16.8 Å². The van der Waals surface area contributed by atoms with Crippen LogP contribution in [-0.4, -0.2) is 32.1 Å². The van der Waals surface area contributed by atoms with E-state index in [4.69, 9.17) is 14.5 Å². The summed E-state index contributed by atoms with van der Waals surface area (Å²) in [5, 5.41) is 0. The minimum atomic E-state index is -0.709. The van der Waals surface area contributed by atoms with Crippen LogP contribution in [0.2, 0.25) is 0 Å². The van der Waals surface area contributed by atoms with Crippen LogP contribution in [0.15, 0.2) is 0 Å². The molecule has 1 fully saturated rings. The Bertz CT molecular complexity index is 339. The predicted octanol–water partition coefficient (Wildman–Crippen LogP) is 2.57. The first kappa shape index (κ1) is 16.7. The first-order chi connectivity index (χ1) is 9.15. The Balaban J connectivity index is 2.38. The Morgan fingerprint density at radius 3 is 2.84 bits per heavy atom. The molecule has 108 valence electrons. The number of carbonyl (C=O) groups excluding carboxylic acids is 1. The fourth-order valence-corrected chi connectivity index (χ4v) is 2.20. The molecule has 5 nitrogen and oxygen atoms in total. The summed E-state index contributed by atoms with van der Waals surface area (Å²) < 4.78 is 12.9. The SMILES string of the molecule is COC(=O)C[C@@H]1CC[C@](CCCC#CI)(OC)OO1. The summed E-state index contributed by atoms with van der Waals surface area (Å²) in [4.78, 5) is 21.8. The lowest BCUT2D eigenvalue weighted by Crippen LogP contribution is -2.42. The average Bonchev–Trinajstić information content (AvgIpc) is 2.45. The van der Waals surface area contributed by atoms with Crippen LogP contribution >= 0.6 is 22.6 Å². The van der Waals surface area contributed by atoms with Crippen molar-refractivity contribution in [2.75, 3.05) is 14.2 Å². The molecule has 0 spiro atoms. The molecule has 0 unspecified atom stereocenters. The molecule has 1 aliphatic heterocycles. The van der Waals surface area contributed by atoms with E-state index < -0.39 is 5.79 Å². The molecule has 1 heterocycles. The second kappa shape index (κ2) is 8.74. The van der Waals surface area contributed by atoms with Crippen LogP contribution in [0.25, 0.3) is 0 Å². The summed E-state index contributed by atoms with van der Waals surface area (Å²) in [6.07, 6.45) is 3.77. The molecule has 0 aromatic rings. The maximum Gasteiger partial charge on any atom is 0.308 e. The Hall–Kier alpha value is -0.360. The second-order valence-electron chi connectivity index (χ2n) is 4.36. The van der Waals surface area contributed by atoms with Gasteiger partial charge in [-0.2, -0.15) is 0 Å². The molecule has 0 radical (unpaired) electrons. The number of carbonyl (C=O) groups is 1. The summed E-state index contributed by atoms with van der Waals surface area (Å²) in [7, 11) is 2.97. The average molecular weight is 382 g/mol. The lowest BCUT2D eigenvalue weighted by atomic mass is 9.99. The molecule has 0 N–H and O–H groups in total. The summed E-state index contributed by atoms with van der Waals surface area (Å²) in [5.74, 6) is 1.99. The van der Waals surface area contributed by atoms with Crippen molar-refractivity contribution in [1.82, 2.24) is 0 Å². The summed E-state index contributed by atoms with van der Waals surface area (Å²) in [5.41, 5.74) is 0. The van der Waals surface area contributed by atoms with Crippen LogP contribution in [-0.2, 0) is 24.0 Å². The molecule has 0 aliphatic carbocycles. The molecule has 19 heavy (non-hydrogen) atoms. The first-order valence-electron chi connectivity index (χ1n) is 6.21. The lowest BCUT2D eigenvalue weighted by molar-refractivity contribution is -0.466. The van der Waals surface area contributed by atoms with Crippen molar-refractivity contribution >= 4 is 28.6 Å². The summed E-state index contributed by atoms with van der Waals surface area (Å²) in [6, 6.07) is 0. The van der Waals surface area contributed by atoms with Gasteiger partial charge in [0, 0.05) is 49.0 Å². The van der Waals surface area contributed by atoms with Crippen LogP contribution in [0.3, 0.4) is 0 Å². The zero-order valence-electron chi connectivity index (χ0n) is 11.2. The molecular weight excluding hydrogens is 363 g/mol. The van der Waals surface area contributed by atoms with E-state index in [0.717, 1.165) is 19.3 Å². The third-order valence-electron chi connectivity index (χ3n) is 3.10. The van der Waals surface area contributed by atoms with Gasteiger partial charge in [-0.3, -0.25) is 4.79 Å². The van der Waals surface area contributed by atoms with E-state index in [-0.39, 0.29) is 18.5 Å². The van der Waals surface area contributed by atoms with Crippen molar-refractivity contribution in [3.05, 3.63) is 0 Å². The Kier molecular flexibility index (Phi) is 7.68. The first-order valence-corrected chi connectivity index (χ1v) is 7.28. The highest BCUT2D eigenvalue weighted by atomic mass is 127. The molecule has 1 rings (SSSR count). The minimum Gasteiger partial charge on any atom is -0.469 e. The molecular formula is C13H19IO5. The van der Waals surface area contributed by atoms with Crippen molar-refractivity contribution < 1.29 is 24.0 Å². The summed E-state index contributed by atoms with van der Waals surface area (Å²) >= 11 is 2.02. The maximum absolute atomic E-state index is 11.1. The van der Waals surface area contributed by atoms with Crippen LogP contribution in [0, 0.1) is 9.85 Å². The van der Waals surface area contributed by atoms with E-state index in [1.165, 1.54) is 7.11 Å². The van der Waals surface area contributed by atoms with Crippen molar-refractivity contribution in [2.24, 2.45) is 0 Å². The number of hydrogen-bond donors (Lipinski definition) is 0. The Labute approximate surface area is 127 Å². The largest absolute Gasteiger partial charge is 0.469 e. The fourth-order valence-electron chi connectivity index (χ4n) is 1.93. The molecule has 2 atom stereocenters. The van der Waals surface area contributed by atoms with Crippen molar-refractivity contribution in [2.45, 2.75) is 50.4 Å². The van der Waals surface area contributed by atoms with Gasteiger partial charge in [-0.25, -0.2) is 9.78 Å². The lowest BCUT2D eigenvalue weighted by Gasteiger charge is -2.37. The summed E-state index contributed by atoms with van der Waals surface area (Å²) in [6.45, 7) is 0. The molecule has 1 aliphatic rings. The normalized spacial score (nSPS) is 26.4. The van der Waals surface area contributed by atoms with Gasteiger partial charge >= 0.3 is 5.97 Å². The van der Waals surface area contributed by atoms with E-state index in [0.29, 0.717) is 12.8 Å². The van der Waals surface area contributed by atoms with Gasteiger partial charge in [0.1, 0.15) is 6.10 Å². The molecule has 6 heteroatoms. The highest BCUT2D eigenvalue weighted by Crippen LogP contribution is 2.33. The van der Waals surface area contributed by atoms with E-state index in [2.05, 4.69) is 14.6 Å². The van der Waals surface area contributed by atoms with Crippen LogP contribution in [0.4, 0.5) is 0 Å². The van der Waals surface area contributed by atoms with Gasteiger partial charge in [-0.1, -0.05) is 5.92 Å². The number of hydrogen-bond acceptors (Lipinski definition) is 5. The van der Waals surface area contributed by atoms with Gasteiger partial charge in [-0.15, -0.1) is 0 Å². The van der Waals surface area contributed by atoms with Crippen LogP contribution < -0.4 is 0 Å². The second-order valence-corrected chi connectivity index (χ2v) is 4.90. The monoisotopic (exact) mass is 382 g/mol. The third kappa shape index (κ3) is 5.65. The zero-order chi connectivity index (χ0) is 14.1. The molecule has 0 amide bonds. The zero-order valence-corrected chi connectivity index (χ0v) is 13.4. The molecule has 0 saturated carbocycles. The molecule has 0 aromatic heterocycles. The van der Waals surface area contributed by atoms with Crippen molar-refractivity contribution in [3.8, 4) is 9.85 Å². The molecule has 0 aromatic carbocycles. The third-order valence-corrected chi connectivity index (χ3v) is 3.48. The number of methoxy groups -OCH3 is 2. The van der Waals surface area contributed by atoms with Gasteiger partial charge in [0.2, 0.25) is 5.79 Å². The minimum absolute atomic E-state index is 0.205. The number of esters is 1. The number of ether oxygens (including phenoxy) is 2. The van der Waals surface area contributed by atoms with E-state index in [9.17, 15) is 4.79 Å². The van der Waals surface area contributed by atoms with Gasteiger partial charge in [0.05, 0.1) is 13.5 Å². The van der Waals surface area contributed by atoms with Gasteiger partial charge in [0.15, 0.2) is 0 Å². The van der Waals surface area contributed by atoms with Gasteiger partial charge < -0.3 is 9.47 Å². The highest BCUT2D eigenvalue weighted by molar-refractivity contribution is 14.1. The topological polar surface area (TPSA) is 54.0 Å². The van der Waals surface area contributed by atoms with Gasteiger partial charge in [0.25, 0.3) is 0 Å². The quantitative estimate of drug-likeness (QED) is 0.232. The standard InChI is InChI=1S/C13H19IO5/c1-16-12(15)10-11-6-8-13(17-2,19-18-11)7-4-3-5-9-14/h11H,3-4,6-8,10H2,1-2H3/t11-,13+/m0/s1. The number of halogens is 1. The van der Waals surface area contributed by atoms with E-state index in [1.54, 1.807) is 7.11 Å². The fraction of sp³-hybridized carbons (Fsp3) is 0.769. The Morgan fingerprint density at radius 2 is 2.32 bits per heavy atom. The van der Waals surface area contributed by atoms with Crippen molar-refractivity contribution in [3.63, 3.8) is 0 Å². The van der Waals surface area contributed by atoms with Crippen LogP contribution in [0.1, 0.15) is 38.5 Å². The van der Waals surface area contributed by atoms with Crippen molar-refractivity contribution in [1.29, 1.82) is 0 Å². The highest BCUT2D eigenvalue weighted by Gasteiger charge is 2.38. The number of unbranched alkanes of at least 4 members (excludes halogenated alkanes) is 1. The number of rotatable bonds is 6. The molecule has 0 bridgehead atoms. The predicted molar refractivity (Wildman–Crippen MR) is 77.2 cm³/mol. The van der Waals surface area contributed by atoms with Crippen LogP contribution in [0.5, 0.6) is 0 Å². The Morgan fingerprint density at radius 1 is 1.53 bits per heavy atom. The smallest absolute Gasteiger partial charge is 0.308 e. The maximum atomic E-state index is 11.1. The van der Waals surface area contributed by atoms with E-state index >= 15 is 0 Å². The van der Waals surface area contributed by atoms with E-state index in [1.807, 2.05) is 22.6 Å².